The van der Waals surface area contributed by atoms with Gasteiger partial charge in [-0.3, -0.25) is 4.79 Å². The van der Waals surface area contributed by atoms with E-state index in [2.05, 4.69) is 87.3 Å². The molecule has 1 atom stereocenters. The molecule has 8 aromatic rings. The summed E-state index contributed by atoms with van der Waals surface area (Å²) < 4.78 is 4.06. The Balaban J connectivity index is 0.000000177. The first-order chi connectivity index (χ1) is 28.5. The highest BCUT2D eigenvalue weighted by Crippen LogP contribution is 2.42. The van der Waals surface area contributed by atoms with Gasteiger partial charge in [0.1, 0.15) is 16.8 Å². The summed E-state index contributed by atoms with van der Waals surface area (Å²) >= 11 is 0. The summed E-state index contributed by atoms with van der Waals surface area (Å²) in [4.78, 5) is 21.2. The van der Waals surface area contributed by atoms with Crippen LogP contribution in [0, 0.1) is 0 Å². The lowest BCUT2D eigenvalue weighted by molar-refractivity contribution is 0.0952. The Kier molecular flexibility index (Phi) is 12.6. The van der Waals surface area contributed by atoms with Crippen LogP contribution in [0.25, 0.3) is 0 Å². The van der Waals surface area contributed by atoms with Gasteiger partial charge in [0, 0.05) is 31.8 Å². The average Bonchev–Trinajstić information content (AvgIpc) is 4.00. The summed E-state index contributed by atoms with van der Waals surface area (Å²) in [5, 5.41) is 28.7. The molecule has 0 bridgehead atoms. The van der Waals surface area contributed by atoms with Crippen molar-refractivity contribution < 1.29 is 20.1 Å². The quantitative estimate of drug-likeness (QED) is 0.0757. The summed E-state index contributed by atoms with van der Waals surface area (Å²) in [5.74, 6) is -0.172. The number of aromatic nitrogens is 4. The average molecular weight is 767 g/mol. The molecule has 0 amide bonds. The van der Waals surface area contributed by atoms with Crippen molar-refractivity contribution in [3.05, 3.63) is 252 Å². The Morgan fingerprint density at radius 3 is 1.14 bits per heavy atom. The molecule has 6 aromatic carbocycles. The monoisotopic (exact) mass is 766 g/mol. The molecule has 0 radical (unpaired) electrons. The number of nitrogens with zero attached hydrogens (tertiary/aromatic N) is 4. The highest BCUT2D eigenvalue weighted by molar-refractivity contribution is 5.94. The van der Waals surface area contributed by atoms with E-state index in [9.17, 15) is 15.0 Å². The summed E-state index contributed by atoms with van der Waals surface area (Å²) in [6.07, 6.45) is 6.65. The fraction of sp³-hybridized carbons (Fsp3) is 0.140. The number of rotatable bonds is 14. The third kappa shape index (κ3) is 7.81. The van der Waals surface area contributed by atoms with Gasteiger partial charge in [-0.25, -0.2) is 9.97 Å². The zero-order valence-electron chi connectivity index (χ0n) is 32.1. The molecule has 0 saturated carbocycles. The van der Waals surface area contributed by atoms with E-state index in [0.717, 1.165) is 33.4 Å². The molecule has 1 unspecified atom stereocenters. The van der Waals surface area contributed by atoms with Gasteiger partial charge < -0.3 is 24.5 Å². The van der Waals surface area contributed by atoms with E-state index in [1.165, 1.54) is 0 Å². The van der Waals surface area contributed by atoms with Crippen LogP contribution < -0.4 is 0 Å². The Bertz CT molecular complexity index is 2260. The molecule has 8 rings (SSSR count). The second-order valence-electron chi connectivity index (χ2n) is 13.9. The smallest absolute Gasteiger partial charge is 0.185 e. The van der Waals surface area contributed by atoms with Gasteiger partial charge >= 0.3 is 0 Å². The van der Waals surface area contributed by atoms with Crippen LogP contribution in [0.2, 0.25) is 0 Å². The maximum atomic E-state index is 12.4. The van der Waals surface area contributed by atoms with E-state index in [1.807, 2.05) is 120 Å². The molecule has 3 N–H and O–H groups in total. The van der Waals surface area contributed by atoms with Crippen LogP contribution in [0.5, 0.6) is 0 Å². The number of benzene rings is 6. The van der Waals surface area contributed by atoms with Crippen molar-refractivity contribution in [1.82, 2.24) is 19.1 Å². The van der Waals surface area contributed by atoms with Gasteiger partial charge in [0.25, 0.3) is 0 Å². The first-order valence-corrected chi connectivity index (χ1v) is 19.4. The largest absolute Gasteiger partial charge is 0.396 e. The molecule has 2 aromatic heterocycles. The minimum absolute atomic E-state index is 0.0615. The number of ketones is 1. The third-order valence-corrected chi connectivity index (χ3v) is 10.5. The maximum Gasteiger partial charge on any atom is 0.185 e. The van der Waals surface area contributed by atoms with Crippen molar-refractivity contribution in [1.29, 1.82) is 0 Å². The highest BCUT2D eigenvalue weighted by atomic mass is 16.3. The normalized spacial score (nSPS) is 12.0. The maximum absolute atomic E-state index is 12.4. The fourth-order valence-corrected chi connectivity index (χ4v) is 7.81. The second-order valence-corrected chi connectivity index (χ2v) is 13.9. The first kappa shape index (κ1) is 39.5. The standard InChI is InChI=1S/C25H24N2O2.C25H22N2O2/c2*28-17-16-24(29)23-18-27(19-26-23)25(20-10-4-1-5-11-20,21-12-6-2-7-13-21)22-14-8-3-9-15-22/h1-15,18-19,24,28-29H,16-17H2;1-15,18-19,28H,16-17H2. The molecule has 2 heterocycles. The lowest BCUT2D eigenvalue weighted by Gasteiger charge is -2.37. The number of imidazole rings is 2. The molecule has 58 heavy (non-hydrogen) atoms. The first-order valence-electron chi connectivity index (χ1n) is 19.4. The highest BCUT2D eigenvalue weighted by Gasteiger charge is 2.40. The van der Waals surface area contributed by atoms with Gasteiger partial charge in [0.2, 0.25) is 0 Å². The van der Waals surface area contributed by atoms with E-state index >= 15 is 0 Å². The Hall–Kier alpha value is -6.71. The molecule has 8 heteroatoms. The number of hydrogen-bond acceptors (Lipinski definition) is 6. The zero-order chi connectivity index (χ0) is 40.2. The SMILES string of the molecule is O=C(CCO)c1cn(C(c2ccccc2)(c2ccccc2)c2ccccc2)cn1.OCCC(O)c1cn(C(c2ccccc2)(c2ccccc2)c2ccccc2)cn1. The molecule has 8 nitrogen and oxygen atoms in total. The Labute approximate surface area is 339 Å². The van der Waals surface area contributed by atoms with Gasteiger partial charge in [-0.05, 0) is 33.4 Å². The summed E-state index contributed by atoms with van der Waals surface area (Å²) in [5.41, 5.74) is 6.05. The molecular weight excluding hydrogens is 721 g/mol. The van der Waals surface area contributed by atoms with E-state index in [-0.39, 0.29) is 31.8 Å². The number of Topliss-reactive ketones (excluding diaryl/α,β-unsaturated/α-hetero) is 1. The molecule has 0 fully saturated rings. The molecule has 0 saturated heterocycles. The van der Waals surface area contributed by atoms with Crippen LogP contribution in [0.15, 0.2) is 207 Å². The predicted octanol–water partition coefficient (Wildman–Crippen LogP) is 8.43. The van der Waals surface area contributed by atoms with E-state index in [0.29, 0.717) is 11.4 Å². The summed E-state index contributed by atoms with van der Waals surface area (Å²) in [6, 6.07) is 61.6. The number of carbonyl (C=O) groups is 1. The van der Waals surface area contributed by atoms with Crippen LogP contribution in [0.3, 0.4) is 0 Å². The van der Waals surface area contributed by atoms with Crippen molar-refractivity contribution in [2.45, 2.75) is 30.0 Å². The van der Waals surface area contributed by atoms with E-state index in [4.69, 9.17) is 5.11 Å². The third-order valence-electron chi connectivity index (χ3n) is 10.5. The molecule has 0 aliphatic rings. The van der Waals surface area contributed by atoms with Gasteiger partial charge in [-0.1, -0.05) is 182 Å². The van der Waals surface area contributed by atoms with Crippen molar-refractivity contribution >= 4 is 5.78 Å². The minimum Gasteiger partial charge on any atom is -0.396 e. The van der Waals surface area contributed by atoms with Crippen LogP contribution in [0.1, 0.15) is 68.5 Å². The lowest BCUT2D eigenvalue weighted by atomic mass is 9.77. The fourth-order valence-electron chi connectivity index (χ4n) is 7.81. The Morgan fingerprint density at radius 1 is 0.483 bits per heavy atom. The van der Waals surface area contributed by atoms with Gasteiger partial charge in [-0.2, -0.15) is 0 Å². The number of aliphatic hydroxyl groups excluding tert-OH is 3. The van der Waals surface area contributed by atoms with Crippen molar-refractivity contribution in [2.24, 2.45) is 0 Å². The molecule has 0 aliphatic heterocycles. The minimum atomic E-state index is -0.804. The topological polar surface area (TPSA) is 113 Å². The summed E-state index contributed by atoms with van der Waals surface area (Å²) in [6.45, 7) is -0.276. The number of carbonyl (C=O) groups excluding carboxylic acids is 1. The van der Waals surface area contributed by atoms with Crippen LogP contribution in [-0.4, -0.2) is 53.4 Å². The number of hydrogen-bond donors (Lipinski definition) is 3. The van der Waals surface area contributed by atoms with Gasteiger partial charge in [0.05, 0.1) is 31.1 Å². The lowest BCUT2D eigenvalue weighted by Crippen LogP contribution is -2.37. The molecule has 0 aliphatic carbocycles. The van der Waals surface area contributed by atoms with Crippen LogP contribution in [-0.2, 0) is 11.1 Å². The van der Waals surface area contributed by atoms with Crippen molar-refractivity contribution in [3.63, 3.8) is 0 Å². The van der Waals surface area contributed by atoms with E-state index < -0.39 is 17.2 Å². The Morgan fingerprint density at radius 2 is 0.810 bits per heavy atom. The van der Waals surface area contributed by atoms with Gasteiger partial charge in [-0.15, -0.1) is 0 Å². The second kappa shape index (κ2) is 18.5. The molecule has 0 spiro atoms. The van der Waals surface area contributed by atoms with Crippen molar-refractivity contribution in [2.75, 3.05) is 13.2 Å². The van der Waals surface area contributed by atoms with E-state index in [1.54, 1.807) is 18.9 Å². The van der Waals surface area contributed by atoms with Crippen LogP contribution >= 0.6 is 0 Å². The van der Waals surface area contributed by atoms with Crippen LogP contribution in [0.4, 0.5) is 0 Å². The zero-order valence-corrected chi connectivity index (χ0v) is 32.1. The molecular formula is C50H46N4O4. The molecule has 290 valence electrons. The predicted molar refractivity (Wildman–Crippen MR) is 226 cm³/mol. The van der Waals surface area contributed by atoms with Gasteiger partial charge in [0.15, 0.2) is 5.78 Å². The van der Waals surface area contributed by atoms with Crippen molar-refractivity contribution in [3.8, 4) is 0 Å². The summed E-state index contributed by atoms with van der Waals surface area (Å²) in [7, 11) is 0. The number of aliphatic hydroxyl groups is 3.